The summed E-state index contributed by atoms with van der Waals surface area (Å²) in [5.74, 6) is -0.112. The Bertz CT molecular complexity index is 322. The van der Waals surface area contributed by atoms with Gasteiger partial charge in [0.25, 0.3) is 5.91 Å². The van der Waals surface area contributed by atoms with Crippen LogP contribution < -0.4 is 10.9 Å². The van der Waals surface area contributed by atoms with E-state index in [0.717, 1.165) is 0 Å². The van der Waals surface area contributed by atoms with Gasteiger partial charge in [-0.15, -0.1) is 11.8 Å². The maximum atomic E-state index is 11.4. The lowest BCUT2D eigenvalue weighted by Gasteiger charge is -2.06. The van der Waals surface area contributed by atoms with Crippen LogP contribution in [0.3, 0.4) is 0 Å². The van der Waals surface area contributed by atoms with E-state index in [4.69, 9.17) is 0 Å². The van der Waals surface area contributed by atoms with E-state index in [1.165, 1.54) is 4.90 Å². The topological polar surface area (TPSA) is 41.1 Å². The molecule has 1 aromatic carbocycles. The van der Waals surface area contributed by atoms with Crippen molar-refractivity contribution in [2.75, 3.05) is 7.05 Å². The number of carbonyl (C=O) groups is 1. The molecule has 15 heavy (non-hydrogen) atoms. The average Bonchev–Trinajstić information content (AvgIpc) is 2.18. The summed E-state index contributed by atoms with van der Waals surface area (Å²) in [7, 11) is 1.67. The molecule has 0 aromatic heterocycles. The third-order valence-corrected chi connectivity index (χ3v) is 2.74. The molecule has 0 spiro atoms. The summed E-state index contributed by atoms with van der Waals surface area (Å²) in [5, 5.41) is 0.557. The molecule has 1 amide bonds. The Morgan fingerprint density at radius 3 is 2.33 bits per heavy atom. The van der Waals surface area contributed by atoms with E-state index >= 15 is 0 Å². The molecule has 1 rings (SSSR count). The fourth-order valence-corrected chi connectivity index (χ4v) is 1.98. The van der Waals surface area contributed by atoms with Crippen LogP contribution in [0, 0.1) is 0 Å². The van der Waals surface area contributed by atoms with Gasteiger partial charge in [0.15, 0.2) is 0 Å². The number of carbonyl (C=O) groups excluding carboxylic acids is 1. The van der Waals surface area contributed by atoms with Gasteiger partial charge in [0, 0.05) is 22.8 Å². The van der Waals surface area contributed by atoms with Crippen molar-refractivity contribution in [3.05, 3.63) is 29.8 Å². The van der Waals surface area contributed by atoms with Gasteiger partial charge in [-0.25, -0.2) is 5.43 Å². The normalized spacial score (nSPS) is 10.4. The highest BCUT2D eigenvalue weighted by atomic mass is 32.2. The maximum Gasteiger partial charge on any atom is 0.265 e. The smallest absolute Gasteiger partial charge is 0.265 e. The molecule has 0 bridgehead atoms. The van der Waals surface area contributed by atoms with Gasteiger partial charge >= 0.3 is 0 Å². The molecule has 4 heteroatoms. The third-order valence-electron chi connectivity index (χ3n) is 1.73. The largest absolute Gasteiger partial charge is 0.288 e. The van der Waals surface area contributed by atoms with Crippen molar-refractivity contribution in [2.24, 2.45) is 0 Å². The van der Waals surface area contributed by atoms with E-state index in [1.807, 2.05) is 24.3 Å². The van der Waals surface area contributed by atoms with Crippen LogP contribution in [0.25, 0.3) is 0 Å². The van der Waals surface area contributed by atoms with Crippen molar-refractivity contribution in [2.45, 2.75) is 24.0 Å². The summed E-state index contributed by atoms with van der Waals surface area (Å²) >= 11 is 1.78. The lowest BCUT2D eigenvalue weighted by Crippen LogP contribution is -2.33. The number of nitrogens with one attached hydrogen (secondary N) is 2. The Morgan fingerprint density at radius 2 is 1.87 bits per heavy atom. The summed E-state index contributed by atoms with van der Waals surface area (Å²) in [6.45, 7) is 4.29. The Morgan fingerprint density at radius 1 is 1.27 bits per heavy atom. The minimum atomic E-state index is -0.112. The molecule has 0 aliphatic rings. The van der Waals surface area contributed by atoms with Gasteiger partial charge in [-0.05, 0) is 24.3 Å². The predicted molar refractivity (Wildman–Crippen MR) is 64.0 cm³/mol. The SMILES string of the molecule is CNNC(=O)c1ccc(SC(C)C)cc1. The predicted octanol–water partition coefficient (Wildman–Crippen LogP) is 2.05. The molecule has 0 radical (unpaired) electrons. The van der Waals surface area contributed by atoms with E-state index in [1.54, 1.807) is 18.8 Å². The van der Waals surface area contributed by atoms with Crippen LogP contribution in [0.2, 0.25) is 0 Å². The van der Waals surface area contributed by atoms with Crippen molar-refractivity contribution in [3.63, 3.8) is 0 Å². The number of thioether (sulfide) groups is 1. The second-order valence-electron chi connectivity index (χ2n) is 3.40. The van der Waals surface area contributed by atoms with Gasteiger partial charge in [0.05, 0.1) is 0 Å². The van der Waals surface area contributed by atoms with E-state index in [0.29, 0.717) is 10.8 Å². The van der Waals surface area contributed by atoms with E-state index in [9.17, 15) is 4.79 Å². The van der Waals surface area contributed by atoms with Crippen molar-refractivity contribution in [1.29, 1.82) is 0 Å². The van der Waals surface area contributed by atoms with E-state index in [-0.39, 0.29) is 5.91 Å². The van der Waals surface area contributed by atoms with Crippen LogP contribution in [0.15, 0.2) is 29.2 Å². The molecular formula is C11H16N2OS. The van der Waals surface area contributed by atoms with Gasteiger partial charge in [-0.2, -0.15) is 0 Å². The highest BCUT2D eigenvalue weighted by Gasteiger charge is 2.04. The van der Waals surface area contributed by atoms with Crippen molar-refractivity contribution in [3.8, 4) is 0 Å². The lowest BCUT2D eigenvalue weighted by molar-refractivity contribution is 0.0938. The van der Waals surface area contributed by atoms with Crippen LogP contribution in [0.4, 0.5) is 0 Å². The maximum absolute atomic E-state index is 11.4. The number of rotatable bonds is 4. The molecule has 1 aromatic rings. The van der Waals surface area contributed by atoms with Crippen LogP contribution in [-0.4, -0.2) is 18.2 Å². The Labute approximate surface area is 94.6 Å². The molecule has 0 unspecified atom stereocenters. The molecular weight excluding hydrogens is 208 g/mol. The number of hydrazine groups is 1. The van der Waals surface area contributed by atoms with Crippen molar-refractivity contribution < 1.29 is 4.79 Å². The fourth-order valence-electron chi connectivity index (χ4n) is 1.14. The molecule has 0 heterocycles. The van der Waals surface area contributed by atoms with Gasteiger partial charge in [0.2, 0.25) is 0 Å². The molecule has 0 aliphatic carbocycles. The quantitative estimate of drug-likeness (QED) is 0.607. The zero-order valence-electron chi connectivity index (χ0n) is 9.20. The molecule has 0 aliphatic heterocycles. The van der Waals surface area contributed by atoms with Crippen LogP contribution in [-0.2, 0) is 0 Å². The first kappa shape index (κ1) is 12.1. The second-order valence-corrected chi connectivity index (χ2v) is 5.05. The highest BCUT2D eigenvalue weighted by Crippen LogP contribution is 2.22. The number of amides is 1. The molecule has 0 saturated heterocycles. The van der Waals surface area contributed by atoms with Crippen LogP contribution in [0.5, 0.6) is 0 Å². The highest BCUT2D eigenvalue weighted by molar-refractivity contribution is 7.99. The molecule has 0 fully saturated rings. The van der Waals surface area contributed by atoms with E-state index < -0.39 is 0 Å². The first-order chi connectivity index (χ1) is 7.13. The van der Waals surface area contributed by atoms with Gasteiger partial charge in [-0.3, -0.25) is 10.2 Å². The molecule has 2 N–H and O–H groups in total. The standard InChI is InChI=1S/C11H16N2OS/c1-8(2)15-10-6-4-9(5-7-10)11(14)13-12-3/h4-8,12H,1-3H3,(H,13,14). The summed E-state index contributed by atoms with van der Waals surface area (Å²) in [6.07, 6.45) is 0. The minimum absolute atomic E-state index is 0.112. The summed E-state index contributed by atoms with van der Waals surface area (Å²) in [5.41, 5.74) is 5.80. The molecule has 3 nitrogen and oxygen atoms in total. The minimum Gasteiger partial charge on any atom is -0.288 e. The van der Waals surface area contributed by atoms with Gasteiger partial charge in [0.1, 0.15) is 0 Å². The Balaban J connectivity index is 2.67. The summed E-state index contributed by atoms with van der Waals surface area (Å²) < 4.78 is 0. The molecule has 0 saturated carbocycles. The van der Waals surface area contributed by atoms with Gasteiger partial charge in [-0.1, -0.05) is 13.8 Å². The Hall–Kier alpha value is -1.00. The monoisotopic (exact) mass is 224 g/mol. The number of hydrogen-bond donors (Lipinski definition) is 2. The average molecular weight is 224 g/mol. The number of benzene rings is 1. The van der Waals surface area contributed by atoms with Crippen molar-refractivity contribution >= 4 is 17.7 Å². The molecule has 0 atom stereocenters. The summed E-state index contributed by atoms with van der Waals surface area (Å²) in [4.78, 5) is 12.6. The Kier molecular flexibility index (Phi) is 4.65. The number of hydrogen-bond acceptors (Lipinski definition) is 3. The molecule has 82 valence electrons. The van der Waals surface area contributed by atoms with Crippen LogP contribution in [0.1, 0.15) is 24.2 Å². The van der Waals surface area contributed by atoms with Crippen molar-refractivity contribution in [1.82, 2.24) is 10.9 Å². The van der Waals surface area contributed by atoms with Crippen LogP contribution >= 0.6 is 11.8 Å². The first-order valence-electron chi connectivity index (χ1n) is 4.87. The zero-order valence-corrected chi connectivity index (χ0v) is 10.0. The fraction of sp³-hybridized carbons (Fsp3) is 0.364. The second kappa shape index (κ2) is 5.78. The summed E-state index contributed by atoms with van der Waals surface area (Å²) in [6, 6.07) is 7.60. The first-order valence-corrected chi connectivity index (χ1v) is 5.75. The van der Waals surface area contributed by atoms with Gasteiger partial charge < -0.3 is 0 Å². The third kappa shape index (κ3) is 3.93. The lowest BCUT2D eigenvalue weighted by atomic mass is 10.2. The zero-order chi connectivity index (χ0) is 11.3. The van der Waals surface area contributed by atoms with E-state index in [2.05, 4.69) is 24.7 Å².